The second-order valence-corrected chi connectivity index (χ2v) is 8.94. The molecule has 0 bridgehead atoms. The maximum atomic E-state index is 13.2. The Hall–Kier alpha value is -3.99. The predicted molar refractivity (Wildman–Crippen MR) is 117 cm³/mol. The van der Waals surface area contributed by atoms with Crippen LogP contribution >= 0.6 is 0 Å². The number of nitrogens with zero attached hydrogens (tertiary/aromatic N) is 3. The van der Waals surface area contributed by atoms with E-state index in [0.717, 1.165) is 11.8 Å². The van der Waals surface area contributed by atoms with Crippen LogP contribution in [-0.2, 0) is 10.0 Å². The summed E-state index contributed by atoms with van der Waals surface area (Å²) >= 11 is 0. The molecule has 1 N–H and O–H groups in total. The van der Waals surface area contributed by atoms with Crippen molar-refractivity contribution in [2.45, 2.75) is 12.5 Å². The number of amides is 1. The van der Waals surface area contributed by atoms with Gasteiger partial charge in [0.1, 0.15) is 11.8 Å². The van der Waals surface area contributed by atoms with Crippen LogP contribution in [0.3, 0.4) is 0 Å². The Kier molecular flexibility index (Phi) is 5.49. The van der Waals surface area contributed by atoms with E-state index in [9.17, 15) is 23.3 Å². The van der Waals surface area contributed by atoms with Crippen LogP contribution in [-0.4, -0.2) is 36.2 Å². The van der Waals surface area contributed by atoms with Crippen molar-refractivity contribution in [3.63, 3.8) is 0 Å². The highest BCUT2D eigenvalue weighted by Gasteiger charge is 2.35. The van der Waals surface area contributed by atoms with Gasteiger partial charge in [-0.1, -0.05) is 12.1 Å². The Morgan fingerprint density at radius 1 is 1.16 bits per heavy atom. The van der Waals surface area contributed by atoms with Crippen LogP contribution in [0.4, 0.5) is 11.4 Å². The van der Waals surface area contributed by atoms with E-state index >= 15 is 0 Å². The number of rotatable bonds is 6. The number of nitrogens with one attached hydrogen (secondary N) is 1. The number of sulfonamides is 1. The van der Waals surface area contributed by atoms with Crippen LogP contribution in [0.2, 0.25) is 0 Å². The van der Waals surface area contributed by atoms with E-state index in [1.54, 1.807) is 36.4 Å². The Morgan fingerprint density at radius 2 is 1.84 bits per heavy atom. The van der Waals surface area contributed by atoms with E-state index in [1.807, 2.05) is 0 Å². The fourth-order valence-corrected chi connectivity index (χ4v) is 3.94. The smallest absolute Gasteiger partial charge is 0.274 e. The van der Waals surface area contributed by atoms with Gasteiger partial charge in [-0.15, -0.1) is 0 Å². The zero-order valence-electron chi connectivity index (χ0n) is 16.8. The molecule has 0 aliphatic carbocycles. The van der Waals surface area contributed by atoms with E-state index < -0.39 is 26.9 Å². The van der Waals surface area contributed by atoms with Crippen molar-refractivity contribution in [1.29, 1.82) is 0 Å². The van der Waals surface area contributed by atoms with Crippen molar-refractivity contribution in [2.24, 2.45) is 5.10 Å². The number of hydrogen-bond acceptors (Lipinski definition) is 7. The number of carbonyl (C=O) groups is 1. The average molecular weight is 454 g/mol. The first kappa shape index (κ1) is 21.2. The van der Waals surface area contributed by atoms with Crippen LogP contribution in [0, 0.1) is 10.1 Å². The number of furan rings is 1. The third-order valence-electron chi connectivity index (χ3n) is 4.84. The Bertz CT molecular complexity index is 1280. The zero-order valence-corrected chi connectivity index (χ0v) is 17.7. The van der Waals surface area contributed by atoms with Gasteiger partial charge in [0.25, 0.3) is 11.6 Å². The normalized spacial score (nSPS) is 16.0. The Labute approximate surface area is 183 Å². The van der Waals surface area contributed by atoms with E-state index in [4.69, 9.17) is 4.42 Å². The largest absolute Gasteiger partial charge is 0.467 e. The van der Waals surface area contributed by atoms with Gasteiger partial charge in [-0.05, 0) is 42.0 Å². The number of nitro benzene ring substituents is 1. The Morgan fingerprint density at radius 3 is 2.41 bits per heavy atom. The number of hydrogen-bond donors (Lipinski definition) is 1. The third kappa shape index (κ3) is 4.52. The summed E-state index contributed by atoms with van der Waals surface area (Å²) in [7, 11) is -3.39. The summed E-state index contributed by atoms with van der Waals surface area (Å²) < 4.78 is 30.7. The lowest BCUT2D eigenvalue weighted by Crippen LogP contribution is -2.26. The molecule has 0 radical (unpaired) electrons. The monoisotopic (exact) mass is 454 g/mol. The van der Waals surface area contributed by atoms with Crippen molar-refractivity contribution in [3.05, 3.63) is 93.9 Å². The minimum Gasteiger partial charge on any atom is -0.467 e. The van der Waals surface area contributed by atoms with Gasteiger partial charge in [0.05, 0.1) is 23.2 Å². The first-order chi connectivity index (χ1) is 15.2. The van der Waals surface area contributed by atoms with Gasteiger partial charge in [-0.2, -0.15) is 5.10 Å². The van der Waals surface area contributed by atoms with Crippen molar-refractivity contribution < 1.29 is 22.6 Å². The molecule has 0 spiro atoms. The molecule has 2 heterocycles. The average Bonchev–Trinajstić information content (AvgIpc) is 3.42. The summed E-state index contributed by atoms with van der Waals surface area (Å²) in [4.78, 5) is 23.5. The SMILES string of the molecule is CS(=O)(=O)Nc1ccc(C2=NN(C(=O)c3ccc([N+](=O)[O-])cc3)C(c3ccco3)C2)cc1. The molecular formula is C21H18N4O6S. The fourth-order valence-electron chi connectivity index (χ4n) is 3.38. The number of non-ortho nitro benzene ring substituents is 1. The first-order valence-corrected chi connectivity index (χ1v) is 11.4. The van der Waals surface area contributed by atoms with Crippen molar-refractivity contribution >= 4 is 33.0 Å². The Balaban J connectivity index is 1.64. The molecule has 1 atom stereocenters. The highest BCUT2D eigenvalue weighted by molar-refractivity contribution is 7.92. The maximum absolute atomic E-state index is 13.2. The molecule has 0 saturated carbocycles. The van der Waals surface area contributed by atoms with Gasteiger partial charge in [0, 0.05) is 29.8 Å². The molecule has 0 saturated heterocycles. The van der Waals surface area contributed by atoms with Gasteiger partial charge in [0.15, 0.2) is 0 Å². The summed E-state index contributed by atoms with van der Waals surface area (Å²) in [5.74, 6) is 0.126. The van der Waals surface area contributed by atoms with Crippen LogP contribution in [0.1, 0.15) is 34.1 Å². The molecule has 32 heavy (non-hydrogen) atoms. The van der Waals surface area contributed by atoms with Gasteiger partial charge >= 0.3 is 0 Å². The third-order valence-corrected chi connectivity index (χ3v) is 5.44. The van der Waals surface area contributed by atoms with Crippen molar-refractivity contribution in [1.82, 2.24) is 5.01 Å². The summed E-state index contributed by atoms with van der Waals surface area (Å²) in [6.45, 7) is 0. The molecule has 1 unspecified atom stereocenters. The van der Waals surface area contributed by atoms with E-state index in [0.29, 0.717) is 23.6 Å². The molecule has 0 fully saturated rings. The summed E-state index contributed by atoms with van der Waals surface area (Å²) in [5.41, 5.74) is 1.89. The minimum absolute atomic E-state index is 0.113. The lowest BCUT2D eigenvalue weighted by Gasteiger charge is -2.19. The number of benzene rings is 2. The molecule has 10 nitrogen and oxygen atoms in total. The number of anilines is 1. The molecule has 4 rings (SSSR count). The molecule has 1 aliphatic rings. The minimum atomic E-state index is -3.39. The van der Waals surface area contributed by atoms with E-state index in [-0.39, 0.29) is 11.3 Å². The highest BCUT2D eigenvalue weighted by atomic mass is 32.2. The fraction of sp³-hybridized carbons (Fsp3) is 0.143. The predicted octanol–water partition coefficient (Wildman–Crippen LogP) is 3.55. The molecule has 1 aromatic heterocycles. The first-order valence-electron chi connectivity index (χ1n) is 9.48. The van der Waals surface area contributed by atoms with Crippen molar-refractivity contribution in [2.75, 3.05) is 11.0 Å². The lowest BCUT2D eigenvalue weighted by molar-refractivity contribution is -0.384. The molecule has 164 valence electrons. The zero-order chi connectivity index (χ0) is 22.9. The summed E-state index contributed by atoms with van der Waals surface area (Å²) in [6.07, 6.45) is 2.95. The second-order valence-electron chi connectivity index (χ2n) is 7.19. The number of hydrazone groups is 1. The van der Waals surface area contributed by atoms with Crippen molar-refractivity contribution in [3.8, 4) is 0 Å². The molecule has 11 heteroatoms. The molecule has 1 amide bonds. The van der Waals surface area contributed by atoms with Crippen LogP contribution in [0.15, 0.2) is 76.4 Å². The molecule has 1 aliphatic heterocycles. The quantitative estimate of drug-likeness (QED) is 0.447. The lowest BCUT2D eigenvalue weighted by atomic mass is 10.0. The number of carbonyl (C=O) groups excluding carboxylic acids is 1. The van der Waals surface area contributed by atoms with Gasteiger partial charge in [-0.3, -0.25) is 19.6 Å². The summed E-state index contributed by atoms with van der Waals surface area (Å²) in [6, 6.07) is 14.9. The van der Waals surface area contributed by atoms with Gasteiger partial charge < -0.3 is 4.42 Å². The highest BCUT2D eigenvalue weighted by Crippen LogP contribution is 2.34. The molecular weight excluding hydrogens is 436 g/mol. The van der Waals surface area contributed by atoms with Crippen LogP contribution in [0.5, 0.6) is 0 Å². The molecule has 2 aromatic carbocycles. The second kappa shape index (κ2) is 8.27. The van der Waals surface area contributed by atoms with E-state index in [1.165, 1.54) is 35.5 Å². The standard InChI is InChI=1S/C21H18N4O6S/c1-32(29,30)23-16-8-4-14(5-9-16)18-13-19(20-3-2-12-31-20)24(22-18)21(26)15-6-10-17(11-7-15)25(27)28/h2-12,19,23H,13H2,1H3. The maximum Gasteiger partial charge on any atom is 0.274 e. The van der Waals surface area contributed by atoms with Gasteiger partial charge in [0.2, 0.25) is 10.0 Å². The van der Waals surface area contributed by atoms with E-state index in [2.05, 4.69) is 9.82 Å². The number of nitro groups is 1. The van der Waals surface area contributed by atoms with Crippen LogP contribution in [0.25, 0.3) is 0 Å². The summed E-state index contributed by atoms with van der Waals surface area (Å²) in [5, 5.41) is 16.7. The topological polar surface area (TPSA) is 135 Å². The van der Waals surface area contributed by atoms with Gasteiger partial charge in [-0.25, -0.2) is 13.4 Å². The molecule has 3 aromatic rings. The van der Waals surface area contributed by atoms with Crippen LogP contribution < -0.4 is 4.72 Å².